The van der Waals surface area contributed by atoms with Crippen molar-refractivity contribution in [1.29, 1.82) is 0 Å². The Bertz CT molecular complexity index is 405. The lowest BCUT2D eigenvalue weighted by Gasteiger charge is -2.31. The molecule has 0 amide bonds. The number of hydrogen-bond donors (Lipinski definition) is 0. The second-order valence-corrected chi connectivity index (χ2v) is 5.57. The van der Waals surface area contributed by atoms with E-state index in [1.54, 1.807) is 11.3 Å². The van der Waals surface area contributed by atoms with E-state index in [0.29, 0.717) is 0 Å². The van der Waals surface area contributed by atoms with Crippen LogP contribution >= 0.6 is 11.3 Å². The standard InChI is InChI=1S/C13H20N2O2S/c1-3-10-5-4-6-15(8-10)13-14-11(9-18-13)7-12(16)17-2/h9-10H,3-8H2,1-2H3. The van der Waals surface area contributed by atoms with Gasteiger partial charge in [-0.3, -0.25) is 4.79 Å². The second kappa shape index (κ2) is 6.18. The smallest absolute Gasteiger partial charge is 0.311 e. The molecule has 100 valence electrons. The fourth-order valence-electron chi connectivity index (χ4n) is 2.31. The molecule has 0 N–H and O–H groups in total. The SMILES string of the molecule is CCC1CCCN(c2nc(CC(=O)OC)cs2)C1. The summed E-state index contributed by atoms with van der Waals surface area (Å²) in [6.45, 7) is 4.43. The van der Waals surface area contributed by atoms with Gasteiger partial charge in [0, 0.05) is 18.5 Å². The lowest BCUT2D eigenvalue weighted by molar-refractivity contribution is -0.139. The Kier molecular flexibility index (Phi) is 4.58. The zero-order chi connectivity index (χ0) is 13.0. The summed E-state index contributed by atoms with van der Waals surface area (Å²) >= 11 is 1.63. The van der Waals surface area contributed by atoms with Gasteiger partial charge in [0.2, 0.25) is 0 Å². The molecule has 0 spiro atoms. The number of piperidine rings is 1. The number of rotatable bonds is 4. The maximum Gasteiger partial charge on any atom is 0.311 e. The highest BCUT2D eigenvalue weighted by atomic mass is 32.1. The van der Waals surface area contributed by atoms with E-state index in [4.69, 9.17) is 0 Å². The van der Waals surface area contributed by atoms with Crippen molar-refractivity contribution in [1.82, 2.24) is 4.98 Å². The van der Waals surface area contributed by atoms with Crippen molar-refractivity contribution in [2.24, 2.45) is 5.92 Å². The number of carbonyl (C=O) groups is 1. The van der Waals surface area contributed by atoms with E-state index in [1.165, 1.54) is 26.4 Å². The van der Waals surface area contributed by atoms with Crippen molar-refractivity contribution in [2.75, 3.05) is 25.1 Å². The van der Waals surface area contributed by atoms with Gasteiger partial charge in [0.1, 0.15) is 0 Å². The van der Waals surface area contributed by atoms with E-state index in [1.807, 2.05) is 5.38 Å². The number of methoxy groups -OCH3 is 1. The molecule has 2 heterocycles. The molecule has 1 unspecified atom stereocenters. The lowest BCUT2D eigenvalue weighted by atomic mass is 9.96. The Morgan fingerprint density at radius 1 is 1.67 bits per heavy atom. The van der Waals surface area contributed by atoms with Crippen LogP contribution in [0.4, 0.5) is 5.13 Å². The minimum atomic E-state index is -0.225. The summed E-state index contributed by atoms with van der Waals surface area (Å²) in [5.74, 6) is 0.559. The van der Waals surface area contributed by atoms with Crippen molar-refractivity contribution in [3.63, 3.8) is 0 Å². The van der Waals surface area contributed by atoms with Crippen LogP contribution in [0.5, 0.6) is 0 Å². The van der Waals surface area contributed by atoms with E-state index >= 15 is 0 Å². The summed E-state index contributed by atoms with van der Waals surface area (Å²) < 4.78 is 4.66. The maximum absolute atomic E-state index is 11.2. The third-order valence-corrected chi connectivity index (χ3v) is 4.41. The molecule has 0 saturated carbocycles. The molecule has 0 aliphatic carbocycles. The lowest BCUT2D eigenvalue weighted by Crippen LogP contribution is -2.35. The summed E-state index contributed by atoms with van der Waals surface area (Å²) in [5, 5.41) is 3.01. The van der Waals surface area contributed by atoms with Gasteiger partial charge in [-0.2, -0.15) is 0 Å². The van der Waals surface area contributed by atoms with Gasteiger partial charge in [0.15, 0.2) is 5.13 Å². The van der Waals surface area contributed by atoms with Crippen LogP contribution in [0.15, 0.2) is 5.38 Å². The fraction of sp³-hybridized carbons (Fsp3) is 0.692. The molecular weight excluding hydrogens is 248 g/mol. The average Bonchev–Trinajstić information content (AvgIpc) is 2.87. The Hall–Kier alpha value is -1.10. The Morgan fingerprint density at radius 3 is 3.22 bits per heavy atom. The first kappa shape index (κ1) is 13.3. The molecular formula is C13H20N2O2S. The van der Waals surface area contributed by atoms with Crippen molar-refractivity contribution in [2.45, 2.75) is 32.6 Å². The van der Waals surface area contributed by atoms with Gasteiger partial charge in [-0.1, -0.05) is 13.3 Å². The number of carbonyl (C=O) groups excluding carboxylic acids is 1. The predicted octanol–water partition coefficient (Wildman–Crippen LogP) is 2.49. The molecule has 1 saturated heterocycles. The highest BCUT2D eigenvalue weighted by Gasteiger charge is 2.21. The highest BCUT2D eigenvalue weighted by Crippen LogP contribution is 2.27. The topological polar surface area (TPSA) is 42.4 Å². The van der Waals surface area contributed by atoms with Crippen LogP contribution < -0.4 is 4.90 Å². The Morgan fingerprint density at radius 2 is 2.50 bits per heavy atom. The first-order valence-electron chi connectivity index (χ1n) is 6.49. The molecule has 1 aliphatic rings. The predicted molar refractivity (Wildman–Crippen MR) is 73.1 cm³/mol. The van der Waals surface area contributed by atoms with E-state index in [2.05, 4.69) is 21.5 Å². The maximum atomic E-state index is 11.2. The van der Waals surface area contributed by atoms with Gasteiger partial charge in [-0.25, -0.2) is 4.98 Å². The number of ether oxygens (including phenoxy) is 1. The summed E-state index contributed by atoms with van der Waals surface area (Å²) in [5.41, 5.74) is 0.820. The third kappa shape index (κ3) is 3.22. The monoisotopic (exact) mass is 268 g/mol. The molecule has 1 aliphatic heterocycles. The van der Waals surface area contributed by atoms with Crippen LogP contribution in [0.25, 0.3) is 0 Å². The molecule has 1 atom stereocenters. The normalized spacial score (nSPS) is 19.9. The summed E-state index contributed by atoms with van der Waals surface area (Å²) in [6.07, 6.45) is 4.08. The number of hydrogen-bond acceptors (Lipinski definition) is 5. The number of anilines is 1. The zero-order valence-corrected chi connectivity index (χ0v) is 11.8. The molecule has 0 radical (unpaired) electrons. The molecule has 1 aromatic heterocycles. The number of aromatic nitrogens is 1. The van der Waals surface area contributed by atoms with Crippen molar-refractivity contribution >= 4 is 22.4 Å². The molecule has 5 heteroatoms. The quantitative estimate of drug-likeness (QED) is 0.787. The molecule has 2 rings (SSSR count). The summed E-state index contributed by atoms with van der Waals surface area (Å²) in [4.78, 5) is 18.1. The van der Waals surface area contributed by atoms with Crippen LogP contribution in [0.2, 0.25) is 0 Å². The summed E-state index contributed by atoms with van der Waals surface area (Å²) in [6, 6.07) is 0. The zero-order valence-electron chi connectivity index (χ0n) is 11.0. The van der Waals surface area contributed by atoms with Crippen LogP contribution in [0.3, 0.4) is 0 Å². The summed E-state index contributed by atoms with van der Waals surface area (Å²) in [7, 11) is 1.41. The number of thiazole rings is 1. The minimum Gasteiger partial charge on any atom is -0.469 e. The Labute approximate surface area is 112 Å². The second-order valence-electron chi connectivity index (χ2n) is 4.74. The van der Waals surface area contributed by atoms with Crippen LogP contribution in [-0.4, -0.2) is 31.2 Å². The first-order chi connectivity index (χ1) is 8.72. The molecule has 18 heavy (non-hydrogen) atoms. The molecule has 0 bridgehead atoms. The van der Waals surface area contributed by atoms with Gasteiger partial charge in [0.05, 0.1) is 19.2 Å². The van der Waals surface area contributed by atoms with Gasteiger partial charge in [0.25, 0.3) is 0 Å². The fourth-order valence-corrected chi connectivity index (χ4v) is 3.18. The van der Waals surface area contributed by atoms with E-state index in [-0.39, 0.29) is 12.4 Å². The Balaban J connectivity index is 1.98. The molecule has 4 nitrogen and oxygen atoms in total. The molecule has 0 aromatic carbocycles. The van der Waals surface area contributed by atoms with Crippen LogP contribution in [-0.2, 0) is 16.0 Å². The highest BCUT2D eigenvalue weighted by molar-refractivity contribution is 7.13. The molecule has 1 aromatic rings. The van der Waals surface area contributed by atoms with Crippen molar-refractivity contribution in [3.05, 3.63) is 11.1 Å². The van der Waals surface area contributed by atoms with E-state index in [0.717, 1.165) is 29.8 Å². The minimum absolute atomic E-state index is 0.225. The van der Waals surface area contributed by atoms with Crippen molar-refractivity contribution in [3.8, 4) is 0 Å². The van der Waals surface area contributed by atoms with E-state index in [9.17, 15) is 4.79 Å². The third-order valence-electron chi connectivity index (χ3n) is 3.46. The number of nitrogens with zero attached hydrogens (tertiary/aromatic N) is 2. The largest absolute Gasteiger partial charge is 0.469 e. The van der Waals surface area contributed by atoms with Crippen molar-refractivity contribution < 1.29 is 9.53 Å². The van der Waals surface area contributed by atoms with Crippen LogP contribution in [0.1, 0.15) is 31.9 Å². The average molecular weight is 268 g/mol. The number of esters is 1. The van der Waals surface area contributed by atoms with Gasteiger partial charge in [-0.15, -0.1) is 11.3 Å². The van der Waals surface area contributed by atoms with Gasteiger partial charge < -0.3 is 9.64 Å². The van der Waals surface area contributed by atoms with E-state index < -0.39 is 0 Å². The van der Waals surface area contributed by atoms with Gasteiger partial charge in [-0.05, 0) is 18.8 Å². The first-order valence-corrected chi connectivity index (χ1v) is 7.37. The van der Waals surface area contributed by atoms with Crippen LogP contribution in [0, 0.1) is 5.92 Å². The van der Waals surface area contributed by atoms with Gasteiger partial charge >= 0.3 is 5.97 Å². The molecule has 1 fully saturated rings.